The molecule has 0 fully saturated rings. The highest BCUT2D eigenvalue weighted by atomic mass is 32.2. The fourth-order valence-electron chi connectivity index (χ4n) is 2.01. The molecule has 0 aliphatic heterocycles. The van der Waals surface area contributed by atoms with Gasteiger partial charge in [0.15, 0.2) is 0 Å². The van der Waals surface area contributed by atoms with Crippen molar-refractivity contribution in [3.8, 4) is 5.75 Å². The molecule has 0 atom stereocenters. The Balaban J connectivity index is 2.20. The highest BCUT2D eigenvalue weighted by Gasteiger charge is 2.17. The summed E-state index contributed by atoms with van der Waals surface area (Å²) < 4.78 is 26.8. The number of nitrogens with one attached hydrogen (secondary N) is 1. The molecule has 5 heteroatoms. The van der Waals surface area contributed by atoms with Crippen molar-refractivity contribution in [2.24, 2.45) is 0 Å². The third-order valence-corrected chi connectivity index (χ3v) is 4.56. The van der Waals surface area contributed by atoms with Crippen LogP contribution in [-0.4, -0.2) is 13.5 Å². The van der Waals surface area contributed by atoms with Gasteiger partial charge < -0.3 is 5.11 Å². The Morgan fingerprint density at radius 3 is 2.25 bits per heavy atom. The average Bonchev–Trinajstić information content (AvgIpc) is 2.46. The Kier molecular flexibility index (Phi) is 4.42. The molecule has 0 unspecified atom stereocenters. The van der Waals surface area contributed by atoms with E-state index in [1.807, 2.05) is 31.2 Å². The van der Waals surface area contributed by atoms with Gasteiger partial charge in [-0.2, -0.15) is 0 Å². The quantitative estimate of drug-likeness (QED) is 0.889. The fourth-order valence-corrected chi connectivity index (χ4v) is 3.11. The van der Waals surface area contributed by atoms with Gasteiger partial charge in [0.25, 0.3) is 0 Å². The number of hydrogen-bond donors (Lipinski definition) is 2. The van der Waals surface area contributed by atoms with Gasteiger partial charge in [-0.3, -0.25) is 0 Å². The lowest BCUT2D eigenvalue weighted by Gasteiger charge is -2.10. The van der Waals surface area contributed by atoms with Gasteiger partial charge in [0.05, 0.1) is 0 Å². The maximum absolute atomic E-state index is 12.2. The molecular weight excluding hydrogens is 274 g/mol. The number of phenols is 1. The first-order valence-electron chi connectivity index (χ1n) is 6.39. The van der Waals surface area contributed by atoms with E-state index < -0.39 is 10.0 Å². The number of para-hydroxylation sites is 1. The van der Waals surface area contributed by atoms with E-state index in [1.54, 1.807) is 12.1 Å². The Labute approximate surface area is 119 Å². The molecule has 2 aromatic carbocycles. The number of benzene rings is 2. The van der Waals surface area contributed by atoms with Crippen LogP contribution in [0.5, 0.6) is 5.75 Å². The van der Waals surface area contributed by atoms with E-state index in [4.69, 9.17) is 0 Å². The Hall–Kier alpha value is -1.85. The van der Waals surface area contributed by atoms with Gasteiger partial charge in [-0.15, -0.1) is 0 Å². The first-order valence-corrected chi connectivity index (χ1v) is 7.87. The average molecular weight is 291 g/mol. The minimum Gasteiger partial charge on any atom is -0.507 e. The lowest BCUT2D eigenvalue weighted by Crippen LogP contribution is -2.23. The topological polar surface area (TPSA) is 66.4 Å². The summed E-state index contributed by atoms with van der Waals surface area (Å²) in [5.41, 5.74) is 2.04. The first kappa shape index (κ1) is 14.6. The van der Waals surface area contributed by atoms with Crippen molar-refractivity contribution in [2.75, 3.05) is 0 Å². The molecule has 0 aliphatic carbocycles. The van der Waals surface area contributed by atoms with E-state index in [0.717, 1.165) is 17.5 Å². The van der Waals surface area contributed by atoms with Crippen molar-refractivity contribution in [1.29, 1.82) is 0 Å². The summed E-state index contributed by atoms with van der Waals surface area (Å²) in [6.07, 6.45) is 0.842. The van der Waals surface area contributed by atoms with Crippen molar-refractivity contribution in [3.05, 3.63) is 59.7 Å². The summed E-state index contributed by atoms with van der Waals surface area (Å²) in [7, 11) is -3.71. The molecule has 0 amide bonds. The number of aryl methyl sites for hydroxylation is 1. The van der Waals surface area contributed by atoms with Gasteiger partial charge in [-0.25, -0.2) is 13.1 Å². The van der Waals surface area contributed by atoms with Crippen LogP contribution >= 0.6 is 0 Å². The van der Waals surface area contributed by atoms with Crippen LogP contribution in [-0.2, 0) is 23.0 Å². The third kappa shape index (κ3) is 3.18. The fraction of sp³-hybridized carbons (Fsp3) is 0.200. The summed E-state index contributed by atoms with van der Waals surface area (Å²) in [5.74, 6) is -0.247. The van der Waals surface area contributed by atoms with Crippen LogP contribution in [0.1, 0.15) is 18.1 Å². The molecule has 106 valence electrons. The van der Waals surface area contributed by atoms with Crippen LogP contribution < -0.4 is 4.72 Å². The molecule has 2 aromatic rings. The van der Waals surface area contributed by atoms with Crippen LogP contribution in [0, 0.1) is 0 Å². The Morgan fingerprint density at radius 2 is 1.60 bits per heavy atom. The summed E-state index contributed by atoms with van der Waals surface area (Å²) >= 11 is 0. The van der Waals surface area contributed by atoms with E-state index in [2.05, 4.69) is 4.72 Å². The maximum atomic E-state index is 12.2. The zero-order valence-electron chi connectivity index (χ0n) is 11.2. The zero-order valence-corrected chi connectivity index (χ0v) is 12.0. The van der Waals surface area contributed by atoms with E-state index in [0.29, 0.717) is 0 Å². The van der Waals surface area contributed by atoms with Crippen molar-refractivity contribution in [2.45, 2.75) is 24.8 Å². The predicted molar refractivity (Wildman–Crippen MR) is 78.0 cm³/mol. The van der Waals surface area contributed by atoms with Crippen molar-refractivity contribution < 1.29 is 13.5 Å². The van der Waals surface area contributed by atoms with Gasteiger partial charge in [0.1, 0.15) is 10.6 Å². The van der Waals surface area contributed by atoms with Crippen LogP contribution in [0.15, 0.2) is 53.4 Å². The van der Waals surface area contributed by atoms with Crippen LogP contribution in [0.25, 0.3) is 0 Å². The summed E-state index contributed by atoms with van der Waals surface area (Å²) in [6, 6.07) is 13.6. The summed E-state index contributed by atoms with van der Waals surface area (Å²) in [6.45, 7) is 2.23. The van der Waals surface area contributed by atoms with Crippen LogP contribution in [0.4, 0.5) is 0 Å². The van der Waals surface area contributed by atoms with Gasteiger partial charge in [-0.05, 0) is 29.7 Å². The molecule has 0 bridgehead atoms. The highest BCUT2D eigenvalue weighted by molar-refractivity contribution is 7.89. The van der Waals surface area contributed by atoms with E-state index in [-0.39, 0.29) is 17.2 Å². The number of rotatable bonds is 5. The molecule has 0 heterocycles. The SMILES string of the molecule is CCc1ccccc1CNS(=O)(=O)c1ccccc1O. The standard InChI is InChI=1S/C15H17NO3S/c1-2-12-7-3-4-8-13(12)11-16-20(18,19)15-10-6-5-9-14(15)17/h3-10,16-17H,2,11H2,1H3. The number of aromatic hydroxyl groups is 1. The van der Waals surface area contributed by atoms with Crippen LogP contribution in [0.2, 0.25) is 0 Å². The second kappa shape index (κ2) is 6.07. The molecule has 20 heavy (non-hydrogen) atoms. The minimum atomic E-state index is -3.71. The van der Waals surface area contributed by atoms with Crippen molar-refractivity contribution in [3.63, 3.8) is 0 Å². The van der Waals surface area contributed by atoms with Crippen LogP contribution in [0.3, 0.4) is 0 Å². The second-order valence-corrected chi connectivity index (χ2v) is 6.15. The molecule has 2 rings (SSSR count). The first-order chi connectivity index (χ1) is 9.54. The predicted octanol–water partition coefficient (Wildman–Crippen LogP) is 2.43. The number of hydrogen-bond acceptors (Lipinski definition) is 3. The molecule has 0 radical (unpaired) electrons. The molecule has 0 aromatic heterocycles. The van der Waals surface area contributed by atoms with E-state index in [9.17, 15) is 13.5 Å². The Bertz CT molecular complexity index is 696. The van der Waals surface area contributed by atoms with E-state index in [1.165, 1.54) is 12.1 Å². The number of sulfonamides is 1. The molecule has 0 saturated heterocycles. The lowest BCUT2D eigenvalue weighted by atomic mass is 10.1. The smallest absolute Gasteiger partial charge is 0.244 e. The molecular formula is C15H17NO3S. The molecule has 4 nitrogen and oxygen atoms in total. The largest absolute Gasteiger partial charge is 0.507 e. The lowest BCUT2D eigenvalue weighted by molar-refractivity contribution is 0.458. The molecule has 2 N–H and O–H groups in total. The summed E-state index contributed by atoms with van der Waals surface area (Å²) in [5, 5.41) is 9.62. The van der Waals surface area contributed by atoms with Crippen molar-refractivity contribution >= 4 is 10.0 Å². The van der Waals surface area contributed by atoms with Gasteiger partial charge >= 0.3 is 0 Å². The Morgan fingerprint density at radius 1 is 1.00 bits per heavy atom. The number of phenolic OH excluding ortho intramolecular Hbond substituents is 1. The third-order valence-electron chi connectivity index (χ3n) is 3.11. The van der Waals surface area contributed by atoms with Crippen molar-refractivity contribution in [1.82, 2.24) is 4.72 Å². The minimum absolute atomic E-state index is 0.103. The maximum Gasteiger partial charge on any atom is 0.244 e. The van der Waals surface area contributed by atoms with Gasteiger partial charge in [0.2, 0.25) is 10.0 Å². The molecule has 0 spiro atoms. The van der Waals surface area contributed by atoms with E-state index >= 15 is 0 Å². The molecule has 0 aliphatic rings. The normalized spacial score (nSPS) is 11.4. The highest BCUT2D eigenvalue weighted by Crippen LogP contribution is 2.21. The second-order valence-electron chi connectivity index (χ2n) is 4.41. The van der Waals surface area contributed by atoms with Gasteiger partial charge in [-0.1, -0.05) is 43.3 Å². The summed E-state index contributed by atoms with van der Waals surface area (Å²) in [4.78, 5) is -0.103. The zero-order chi connectivity index (χ0) is 14.6. The molecule has 0 saturated carbocycles. The van der Waals surface area contributed by atoms with Gasteiger partial charge in [0, 0.05) is 6.54 Å². The monoisotopic (exact) mass is 291 g/mol.